The van der Waals surface area contributed by atoms with Gasteiger partial charge in [0.05, 0.1) is 13.2 Å². The van der Waals surface area contributed by atoms with Crippen LogP contribution in [-0.4, -0.2) is 33.9 Å². The molecule has 0 spiro atoms. The first-order chi connectivity index (χ1) is 12.6. The molecule has 0 saturated heterocycles. The summed E-state index contributed by atoms with van der Waals surface area (Å²) in [6.07, 6.45) is -2.78. The molecule has 0 N–H and O–H groups in total. The van der Waals surface area contributed by atoms with Crippen molar-refractivity contribution in [2.45, 2.75) is 25.8 Å². The molecule has 0 bridgehead atoms. The molecule has 0 aliphatic rings. The summed E-state index contributed by atoms with van der Waals surface area (Å²) >= 11 is 24.2. The van der Waals surface area contributed by atoms with Crippen LogP contribution in [-0.2, 0) is 18.3 Å². The zero-order valence-electron chi connectivity index (χ0n) is 14.4. The van der Waals surface area contributed by atoms with Crippen LogP contribution in [0.5, 0.6) is 0 Å². The number of hydrogen-bond acceptors (Lipinski definition) is 3. The zero-order chi connectivity index (χ0) is 20.5. The molecule has 0 saturated carbocycles. The lowest BCUT2D eigenvalue weighted by Gasteiger charge is -2.27. The number of amides is 1. The van der Waals surface area contributed by atoms with Crippen molar-refractivity contribution < 1.29 is 18.4 Å². The minimum Gasteiger partial charge on any atom is -0.274 e. The van der Waals surface area contributed by atoms with E-state index in [1.165, 1.54) is 26.3 Å². The van der Waals surface area contributed by atoms with Gasteiger partial charge in [0.2, 0.25) is 0 Å². The summed E-state index contributed by atoms with van der Waals surface area (Å²) in [5.41, 5.74) is -0.600. The first-order valence-corrected chi connectivity index (χ1v) is 9.11. The van der Waals surface area contributed by atoms with Gasteiger partial charge in [-0.2, -0.15) is 5.10 Å². The first kappa shape index (κ1) is 22.2. The number of rotatable bonds is 6. The molecule has 0 fully saturated rings. The molecule has 2 rings (SSSR count). The highest BCUT2D eigenvalue weighted by molar-refractivity contribution is 6.39. The Morgan fingerprint density at radius 3 is 2.30 bits per heavy atom. The van der Waals surface area contributed by atoms with E-state index < -0.39 is 29.6 Å². The van der Waals surface area contributed by atoms with Crippen molar-refractivity contribution in [2.75, 3.05) is 7.11 Å². The minimum atomic E-state index is -2.98. The van der Waals surface area contributed by atoms with Crippen LogP contribution in [0.25, 0.3) is 0 Å². The molecule has 0 aliphatic carbocycles. The summed E-state index contributed by atoms with van der Waals surface area (Å²) in [4.78, 5) is 18.0. The van der Waals surface area contributed by atoms with Crippen molar-refractivity contribution in [3.05, 3.63) is 49.2 Å². The van der Waals surface area contributed by atoms with Gasteiger partial charge in [0.25, 0.3) is 12.3 Å². The van der Waals surface area contributed by atoms with E-state index in [-0.39, 0.29) is 11.6 Å². The average molecular weight is 461 g/mol. The topological polar surface area (TPSA) is 47.4 Å². The van der Waals surface area contributed by atoms with Gasteiger partial charge in [-0.05, 0) is 31.0 Å². The normalized spacial score (nSPS) is 12.5. The van der Waals surface area contributed by atoms with Crippen LogP contribution in [0.3, 0.4) is 0 Å². The number of halogens is 6. The quantitative estimate of drug-likeness (QED) is 0.526. The van der Waals surface area contributed by atoms with Crippen LogP contribution >= 0.6 is 46.4 Å². The van der Waals surface area contributed by atoms with Crippen molar-refractivity contribution >= 4 is 52.3 Å². The molecule has 27 heavy (non-hydrogen) atoms. The van der Waals surface area contributed by atoms with Gasteiger partial charge >= 0.3 is 0 Å². The average Bonchev–Trinajstić information content (AvgIpc) is 2.87. The second-order valence-electron chi connectivity index (χ2n) is 5.69. The van der Waals surface area contributed by atoms with Crippen LogP contribution in [0.1, 0.15) is 35.0 Å². The van der Waals surface area contributed by atoms with E-state index in [2.05, 4.69) is 5.10 Å². The maximum absolute atomic E-state index is 13.2. The fraction of sp³-hybridized carbons (Fsp3) is 0.375. The lowest BCUT2D eigenvalue weighted by atomic mass is 10.1. The number of hydrogen-bond donors (Lipinski definition) is 0. The van der Waals surface area contributed by atoms with Crippen LogP contribution in [0.2, 0.25) is 20.2 Å². The van der Waals surface area contributed by atoms with E-state index in [9.17, 15) is 13.6 Å². The maximum atomic E-state index is 13.2. The van der Waals surface area contributed by atoms with Crippen LogP contribution in [0.15, 0.2) is 12.1 Å². The highest BCUT2D eigenvalue weighted by atomic mass is 35.5. The molecule has 0 radical (unpaired) electrons. The van der Waals surface area contributed by atoms with Gasteiger partial charge in [-0.3, -0.25) is 14.3 Å². The van der Waals surface area contributed by atoms with Crippen LogP contribution in [0, 0.1) is 0 Å². The number of carbonyl (C=O) groups excluding carboxylic acids is 1. The third-order valence-electron chi connectivity index (χ3n) is 3.83. The van der Waals surface area contributed by atoms with Crippen LogP contribution < -0.4 is 0 Å². The summed E-state index contributed by atoms with van der Waals surface area (Å²) in [5.74, 6) is -0.848. The van der Waals surface area contributed by atoms with Gasteiger partial charge in [-0.25, -0.2) is 13.8 Å². The summed E-state index contributed by atoms with van der Waals surface area (Å²) in [6.45, 7) is 1.65. The molecule has 5 nitrogen and oxygen atoms in total. The van der Waals surface area contributed by atoms with E-state index in [1.807, 2.05) is 0 Å². The largest absolute Gasteiger partial charge is 0.283 e. The van der Waals surface area contributed by atoms with Crippen molar-refractivity contribution in [1.29, 1.82) is 0 Å². The molecule has 1 heterocycles. The Morgan fingerprint density at radius 2 is 1.81 bits per heavy atom. The number of hydroxylamine groups is 2. The molecule has 1 amide bonds. The first-order valence-electron chi connectivity index (χ1n) is 7.60. The molecular weight excluding hydrogens is 446 g/mol. The Labute approximate surface area is 174 Å². The summed E-state index contributed by atoms with van der Waals surface area (Å²) < 4.78 is 27.5. The highest BCUT2D eigenvalue weighted by Gasteiger charge is 2.33. The number of aromatic nitrogens is 2. The van der Waals surface area contributed by atoms with E-state index in [4.69, 9.17) is 51.2 Å². The summed E-state index contributed by atoms with van der Waals surface area (Å²) in [6, 6.07) is 2.42. The number of benzene rings is 1. The van der Waals surface area contributed by atoms with Gasteiger partial charge in [-0.15, -0.1) is 0 Å². The molecule has 11 heteroatoms. The van der Waals surface area contributed by atoms with Gasteiger partial charge in [0, 0.05) is 22.1 Å². The van der Waals surface area contributed by atoms with Gasteiger partial charge in [0.1, 0.15) is 16.4 Å². The minimum absolute atomic E-state index is 0.191. The lowest BCUT2D eigenvalue weighted by Crippen LogP contribution is -2.39. The van der Waals surface area contributed by atoms with Gasteiger partial charge < -0.3 is 0 Å². The van der Waals surface area contributed by atoms with Gasteiger partial charge in [0.15, 0.2) is 0 Å². The van der Waals surface area contributed by atoms with E-state index in [1.54, 1.807) is 6.92 Å². The third-order valence-corrected chi connectivity index (χ3v) is 5.15. The Hall–Kier alpha value is -1.12. The SMILES string of the molecule is CON(C(=O)c1c(C(F)F)nn(C)c1Cl)[C@@H](C)Cc1c(Cl)cc(Cl)cc1Cl. The van der Waals surface area contributed by atoms with E-state index in [0.29, 0.717) is 20.6 Å². The molecular formula is C16H15Cl4F2N3O2. The summed E-state index contributed by atoms with van der Waals surface area (Å²) in [5, 5.41) is 5.31. The highest BCUT2D eigenvalue weighted by Crippen LogP contribution is 2.32. The monoisotopic (exact) mass is 459 g/mol. The standard InChI is InChI=1S/C16H15Cl4F2N3O2/c1-7(4-9-10(18)5-8(17)6-11(9)19)25(27-3)16(26)12-13(15(21)22)23-24(2)14(12)20/h5-7,15H,4H2,1-3H3/t7-/m0/s1. The smallest absolute Gasteiger partial charge is 0.274 e. The number of alkyl halides is 2. The third kappa shape index (κ3) is 4.66. The molecule has 1 atom stereocenters. The fourth-order valence-electron chi connectivity index (χ4n) is 2.59. The second kappa shape index (κ2) is 8.92. The van der Waals surface area contributed by atoms with Crippen molar-refractivity contribution in [3.63, 3.8) is 0 Å². The second-order valence-corrected chi connectivity index (χ2v) is 7.30. The zero-order valence-corrected chi connectivity index (χ0v) is 17.5. The number of carbonyl (C=O) groups is 1. The molecule has 1 aromatic heterocycles. The fourth-order valence-corrected chi connectivity index (χ4v) is 3.78. The lowest BCUT2D eigenvalue weighted by molar-refractivity contribution is -0.119. The Kier molecular flexibility index (Phi) is 7.33. The van der Waals surface area contributed by atoms with E-state index >= 15 is 0 Å². The molecule has 0 unspecified atom stereocenters. The van der Waals surface area contributed by atoms with Gasteiger partial charge in [-0.1, -0.05) is 46.4 Å². The Balaban J connectivity index is 2.36. The predicted molar refractivity (Wildman–Crippen MR) is 101 cm³/mol. The Morgan fingerprint density at radius 1 is 1.26 bits per heavy atom. The molecule has 2 aromatic rings. The molecule has 1 aromatic carbocycles. The van der Waals surface area contributed by atoms with Crippen molar-refractivity contribution in [3.8, 4) is 0 Å². The number of nitrogens with zero attached hydrogens (tertiary/aromatic N) is 3. The Bertz CT molecular complexity index is 837. The van der Waals surface area contributed by atoms with Crippen molar-refractivity contribution in [2.24, 2.45) is 7.05 Å². The number of aryl methyl sites for hydroxylation is 1. The maximum Gasteiger partial charge on any atom is 0.283 e. The molecule has 0 aliphatic heterocycles. The summed E-state index contributed by atoms with van der Waals surface area (Å²) in [7, 11) is 2.60. The van der Waals surface area contributed by atoms with Crippen molar-refractivity contribution in [1.82, 2.24) is 14.8 Å². The van der Waals surface area contributed by atoms with E-state index in [0.717, 1.165) is 9.75 Å². The molecule has 148 valence electrons. The van der Waals surface area contributed by atoms with Crippen LogP contribution in [0.4, 0.5) is 8.78 Å². The predicted octanol–water partition coefficient (Wildman–Crippen LogP) is 5.61.